The van der Waals surface area contributed by atoms with Gasteiger partial charge in [-0.15, -0.1) is 0 Å². The fourth-order valence-electron chi connectivity index (χ4n) is 1.45. The van der Waals surface area contributed by atoms with E-state index < -0.39 is 23.9 Å². The molecule has 0 aliphatic rings. The van der Waals surface area contributed by atoms with Crippen LogP contribution in [0, 0.1) is 0 Å². The molecule has 0 spiro atoms. The maximum absolute atomic E-state index is 11.5. The van der Waals surface area contributed by atoms with Crippen molar-refractivity contribution in [1.29, 1.82) is 0 Å². The van der Waals surface area contributed by atoms with Crippen LogP contribution in [0.2, 0.25) is 0 Å². The van der Waals surface area contributed by atoms with Gasteiger partial charge in [0, 0.05) is 6.04 Å². The fourth-order valence-corrected chi connectivity index (χ4v) is 1.45. The Labute approximate surface area is 107 Å². The minimum Gasteiger partial charge on any atom is -0.367 e. The number of nitrogens with one attached hydrogen (secondary N) is 2. The molecule has 7 nitrogen and oxygen atoms in total. The highest BCUT2D eigenvalue weighted by Gasteiger charge is 2.24. The van der Waals surface area contributed by atoms with E-state index >= 15 is 0 Å². The lowest BCUT2D eigenvalue weighted by molar-refractivity contribution is -0.128. The van der Waals surface area contributed by atoms with Crippen molar-refractivity contribution in [2.45, 2.75) is 51.6 Å². The van der Waals surface area contributed by atoms with E-state index in [1.807, 2.05) is 6.92 Å². The second kappa shape index (κ2) is 8.32. The molecule has 0 aromatic heterocycles. The quantitative estimate of drug-likeness (QED) is 0.349. The smallest absolute Gasteiger partial charge is 0.316 e. The summed E-state index contributed by atoms with van der Waals surface area (Å²) >= 11 is 0. The van der Waals surface area contributed by atoms with Crippen molar-refractivity contribution < 1.29 is 14.4 Å². The van der Waals surface area contributed by atoms with Crippen molar-refractivity contribution in [2.24, 2.45) is 11.5 Å². The Hall–Kier alpha value is -1.79. The van der Waals surface area contributed by atoms with E-state index in [0.717, 1.165) is 25.7 Å². The lowest BCUT2D eigenvalue weighted by Gasteiger charge is -2.17. The van der Waals surface area contributed by atoms with Crippen LogP contribution >= 0.6 is 0 Å². The molecule has 0 saturated carbocycles. The van der Waals surface area contributed by atoms with Gasteiger partial charge in [-0.3, -0.25) is 9.59 Å². The zero-order valence-electron chi connectivity index (χ0n) is 10.9. The predicted molar refractivity (Wildman–Crippen MR) is 67.4 cm³/mol. The summed E-state index contributed by atoms with van der Waals surface area (Å²) in [6.07, 6.45) is 4.04. The molecule has 0 aliphatic heterocycles. The van der Waals surface area contributed by atoms with Gasteiger partial charge in [0.2, 0.25) is 11.8 Å². The topological polar surface area (TPSA) is 127 Å². The molecule has 0 bridgehead atoms. The van der Waals surface area contributed by atoms with Crippen molar-refractivity contribution in [1.82, 2.24) is 10.6 Å². The summed E-state index contributed by atoms with van der Waals surface area (Å²) in [6.45, 7) is 3.94. The van der Waals surface area contributed by atoms with Gasteiger partial charge in [0.25, 0.3) is 0 Å². The Kier molecular flexibility index (Phi) is 7.50. The third-order valence-electron chi connectivity index (χ3n) is 2.46. The Morgan fingerprint density at radius 1 is 1.06 bits per heavy atom. The van der Waals surface area contributed by atoms with Crippen LogP contribution in [0.15, 0.2) is 0 Å². The lowest BCUT2D eigenvalue weighted by Crippen LogP contribution is -2.55. The molecule has 18 heavy (non-hydrogen) atoms. The molecule has 0 unspecified atom stereocenters. The van der Waals surface area contributed by atoms with Crippen molar-refractivity contribution in [3.8, 4) is 0 Å². The number of carbonyl (C=O) groups is 3. The fraction of sp³-hybridized carbons (Fsp3) is 0.727. The largest absolute Gasteiger partial charge is 0.367 e. The zero-order chi connectivity index (χ0) is 14.1. The first-order valence-electron chi connectivity index (χ1n) is 6.04. The number of hydrogen-bond acceptors (Lipinski definition) is 3. The number of unbranched alkanes of at least 4 members (excludes halogenated alkanes) is 2. The number of urea groups is 1. The molecule has 0 saturated heterocycles. The molecule has 0 aromatic carbocycles. The van der Waals surface area contributed by atoms with E-state index in [-0.39, 0.29) is 6.04 Å². The summed E-state index contributed by atoms with van der Waals surface area (Å²) in [5.41, 5.74) is 9.87. The van der Waals surface area contributed by atoms with Gasteiger partial charge in [-0.25, -0.2) is 4.79 Å². The number of hydrogen-bond donors (Lipinski definition) is 4. The molecule has 0 rings (SSSR count). The van der Waals surface area contributed by atoms with Crippen LogP contribution in [0.5, 0.6) is 0 Å². The number of carbonyl (C=O) groups excluding carboxylic acids is 3. The lowest BCUT2D eigenvalue weighted by atomic mass is 10.1. The highest BCUT2D eigenvalue weighted by atomic mass is 16.2. The van der Waals surface area contributed by atoms with Crippen molar-refractivity contribution in [3.05, 3.63) is 0 Å². The molecule has 0 aromatic rings. The third kappa shape index (κ3) is 6.72. The van der Waals surface area contributed by atoms with Gasteiger partial charge in [0.1, 0.15) is 0 Å². The number of rotatable bonds is 8. The highest BCUT2D eigenvalue weighted by Crippen LogP contribution is 2.02. The van der Waals surface area contributed by atoms with Crippen LogP contribution in [0.1, 0.15) is 39.5 Å². The standard InChI is InChI=1S/C11H22N4O3/c1-3-4-5-6-7(2)14-11(18)15-8(9(12)16)10(13)17/h7-8H,3-6H2,1-2H3,(H2,12,16)(H2,13,17)(H2,14,15,18)/t7-/m1/s1. The Bertz CT molecular complexity index is 293. The predicted octanol–water partition coefficient (Wildman–Crippen LogP) is -0.406. The van der Waals surface area contributed by atoms with E-state index in [0.29, 0.717) is 0 Å². The van der Waals surface area contributed by atoms with Gasteiger partial charge in [-0.2, -0.15) is 0 Å². The summed E-state index contributed by atoms with van der Waals surface area (Å²) in [5, 5.41) is 4.75. The van der Waals surface area contributed by atoms with E-state index in [9.17, 15) is 14.4 Å². The van der Waals surface area contributed by atoms with Gasteiger partial charge >= 0.3 is 6.03 Å². The second-order valence-corrected chi connectivity index (χ2v) is 4.25. The van der Waals surface area contributed by atoms with Crippen LogP contribution in [0.3, 0.4) is 0 Å². The molecule has 0 heterocycles. The van der Waals surface area contributed by atoms with Gasteiger partial charge < -0.3 is 22.1 Å². The molecular formula is C11H22N4O3. The van der Waals surface area contributed by atoms with E-state index in [2.05, 4.69) is 17.6 Å². The molecular weight excluding hydrogens is 236 g/mol. The summed E-state index contributed by atoms with van der Waals surface area (Å²) in [7, 11) is 0. The van der Waals surface area contributed by atoms with Crippen LogP contribution < -0.4 is 22.1 Å². The molecule has 0 radical (unpaired) electrons. The highest BCUT2D eigenvalue weighted by molar-refractivity contribution is 6.05. The first kappa shape index (κ1) is 16.2. The third-order valence-corrected chi connectivity index (χ3v) is 2.46. The molecule has 0 fully saturated rings. The van der Waals surface area contributed by atoms with Crippen molar-refractivity contribution in [3.63, 3.8) is 0 Å². The van der Waals surface area contributed by atoms with Gasteiger partial charge in [-0.1, -0.05) is 26.2 Å². The Morgan fingerprint density at radius 2 is 1.61 bits per heavy atom. The molecule has 6 N–H and O–H groups in total. The van der Waals surface area contributed by atoms with E-state index in [1.54, 1.807) is 0 Å². The summed E-state index contributed by atoms with van der Waals surface area (Å²) in [4.78, 5) is 33.2. The van der Waals surface area contributed by atoms with Crippen LogP contribution in [0.25, 0.3) is 0 Å². The number of primary amides is 2. The summed E-state index contributed by atoms with van der Waals surface area (Å²) in [6, 6.07) is -2.15. The second-order valence-electron chi connectivity index (χ2n) is 4.25. The van der Waals surface area contributed by atoms with Crippen LogP contribution in [-0.4, -0.2) is 29.9 Å². The average Bonchev–Trinajstić information content (AvgIpc) is 2.25. The van der Waals surface area contributed by atoms with Gasteiger partial charge in [0.15, 0.2) is 6.04 Å². The maximum atomic E-state index is 11.5. The Balaban J connectivity index is 4.08. The molecule has 4 amide bonds. The maximum Gasteiger partial charge on any atom is 0.316 e. The molecule has 0 aliphatic carbocycles. The van der Waals surface area contributed by atoms with E-state index in [1.165, 1.54) is 0 Å². The summed E-state index contributed by atoms with van der Waals surface area (Å²) in [5.74, 6) is -1.95. The summed E-state index contributed by atoms with van der Waals surface area (Å²) < 4.78 is 0. The minimum atomic E-state index is -1.48. The van der Waals surface area contributed by atoms with Gasteiger partial charge in [-0.05, 0) is 13.3 Å². The first-order valence-corrected chi connectivity index (χ1v) is 6.04. The minimum absolute atomic E-state index is 0.0436. The van der Waals surface area contributed by atoms with Crippen molar-refractivity contribution in [2.75, 3.05) is 0 Å². The van der Waals surface area contributed by atoms with Crippen LogP contribution in [0.4, 0.5) is 4.79 Å². The van der Waals surface area contributed by atoms with Crippen molar-refractivity contribution >= 4 is 17.8 Å². The van der Waals surface area contributed by atoms with Crippen LogP contribution in [-0.2, 0) is 9.59 Å². The molecule has 7 heteroatoms. The zero-order valence-corrected chi connectivity index (χ0v) is 10.9. The average molecular weight is 258 g/mol. The normalized spacial score (nSPS) is 11.9. The Morgan fingerprint density at radius 3 is 2.06 bits per heavy atom. The van der Waals surface area contributed by atoms with Gasteiger partial charge in [0.05, 0.1) is 0 Å². The SMILES string of the molecule is CCCCC[C@@H](C)NC(=O)NC(C(N)=O)C(N)=O. The number of nitrogens with two attached hydrogens (primary N) is 2. The van der Waals surface area contributed by atoms with E-state index in [4.69, 9.17) is 11.5 Å². The monoisotopic (exact) mass is 258 g/mol. The molecule has 104 valence electrons. The number of amides is 4. The molecule has 1 atom stereocenters. The first-order chi connectivity index (χ1) is 8.38.